The lowest BCUT2D eigenvalue weighted by atomic mass is 10.1. The zero-order chi connectivity index (χ0) is 13.5. The van der Waals surface area contributed by atoms with Crippen LogP contribution in [0.15, 0.2) is 30.5 Å². The summed E-state index contributed by atoms with van der Waals surface area (Å²) in [5.41, 5.74) is 2.04. The largest absolute Gasteiger partial charge is 0.381 e. The molecule has 1 heterocycles. The summed E-state index contributed by atoms with van der Waals surface area (Å²) in [6.45, 7) is 4.48. The Kier molecular flexibility index (Phi) is 5.13. The molecule has 1 aromatic heterocycles. The third kappa shape index (κ3) is 3.91. The number of hydrogen-bond acceptors (Lipinski definition) is 3. The number of fused-ring (bicyclic) bond motifs is 1. The Morgan fingerprint density at radius 1 is 1.16 bits per heavy atom. The molecule has 2 aromatic rings. The maximum atomic E-state index is 4.15. The van der Waals surface area contributed by atoms with Gasteiger partial charge < -0.3 is 5.32 Å². The summed E-state index contributed by atoms with van der Waals surface area (Å²) in [5, 5.41) is 12.9. The molecule has 0 bridgehead atoms. The van der Waals surface area contributed by atoms with Crippen LogP contribution >= 0.6 is 0 Å². The minimum atomic E-state index is 0.476. The highest BCUT2D eigenvalue weighted by Crippen LogP contribution is 2.21. The van der Waals surface area contributed by atoms with Crippen molar-refractivity contribution in [2.24, 2.45) is 0 Å². The summed E-state index contributed by atoms with van der Waals surface area (Å²) in [6.07, 6.45) is 8.28. The molecule has 19 heavy (non-hydrogen) atoms. The van der Waals surface area contributed by atoms with Crippen molar-refractivity contribution in [3.05, 3.63) is 30.5 Å². The van der Waals surface area contributed by atoms with E-state index < -0.39 is 0 Å². The van der Waals surface area contributed by atoms with Crippen molar-refractivity contribution in [1.82, 2.24) is 10.2 Å². The molecule has 0 aliphatic heterocycles. The van der Waals surface area contributed by atoms with Crippen molar-refractivity contribution in [3.8, 4) is 0 Å². The zero-order valence-corrected chi connectivity index (χ0v) is 11.9. The number of nitrogens with zero attached hydrogens (tertiary/aromatic N) is 2. The quantitative estimate of drug-likeness (QED) is 0.747. The summed E-state index contributed by atoms with van der Waals surface area (Å²) < 4.78 is 0. The first-order valence-electron chi connectivity index (χ1n) is 7.28. The van der Waals surface area contributed by atoms with Gasteiger partial charge in [-0.2, -0.15) is 10.2 Å². The summed E-state index contributed by atoms with van der Waals surface area (Å²) in [4.78, 5) is 0. The second-order valence-corrected chi connectivity index (χ2v) is 5.17. The standard InChI is InChI=1S/C16H23N3/c1-3-4-5-6-9-13(2)18-16-12-17-19-15-11-8-7-10-14(15)16/h7-8,10-13H,3-6,9H2,1-2H3,(H,18,19). The van der Waals surface area contributed by atoms with Crippen LogP contribution in [0.5, 0.6) is 0 Å². The second kappa shape index (κ2) is 7.07. The molecular formula is C16H23N3. The maximum Gasteiger partial charge on any atom is 0.0950 e. The first kappa shape index (κ1) is 13.8. The van der Waals surface area contributed by atoms with E-state index in [0.717, 1.165) is 16.6 Å². The van der Waals surface area contributed by atoms with E-state index in [1.54, 1.807) is 0 Å². The Balaban J connectivity index is 1.97. The van der Waals surface area contributed by atoms with Crippen molar-refractivity contribution >= 4 is 16.6 Å². The summed E-state index contributed by atoms with van der Waals surface area (Å²) in [5.74, 6) is 0. The van der Waals surface area contributed by atoms with Gasteiger partial charge in [0.2, 0.25) is 0 Å². The number of unbranched alkanes of at least 4 members (excludes halogenated alkanes) is 3. The van der Waals surface area contributed by atoms with Gasteiger partial charge in [0.25, 0.3) is 0 Å². The predicted molar refractivity (Wildman–Crippen MR) is 81.4 cm³/mol. The van der Waals surface area contributed by atoms with Gasteiger partial charge in [-0.1, -0.05) is 50.8 Å². The molecule has 1 N–H and O–H groups in total. The van der Waals surface area contributed by atoms with Gasteiger partial charge in [-0.3, -0.25) is 0 Å². The first-order chi connectivity index (χ1) is 9.31. The van der Waals surface area contributed by atoms with Gasteiger partial charge >= 0.3 is 0 Å². The van der Waals surface area contributed by atoms with E-state index in [2.05, 4.69) is 35.4 Å². The SMILES string of the molecule is CCCCCCC(C)Nc1cnnc2ccccc12. The van der Waals surface area contributed by atoms with E-state index in [-0.39, 0.29) is 0 Å². The van der Waals surface area contributed by atoms with E-state index in [1.165, 1.54) is 32.1 Å². The molecule has 102 valence electrons. The summed E-state index contributed by atoms with van der Waals surface area (Å²) >= 11 is 0. The fourth-order valence-electron chi connectivity index (χ4n) is 2.34. The zero-order valence-electron chi connectivity index (χ0n) is 11.9. The van der Waals surface area contributed by atoms with Crippen LogP contribution in [0.1, 0.15) is 46.0 Å². The van der Waals surface area contributed by atoms with Crippen LogP contribution in [0.2, 0.25) is 0 Å². The maximum absolute atomic E-state index is 4.15. The van der Waals surface area contributed by atoms with Gasteiger partial charge in [0.1, 0.15) is 0 Å². The topological polar surface area (TPSA) is 37.8 Å². The van der Waals surface area contributed by atoms with Gasteiger partial charge in [0.15, 0.2) is 0 Å². The van der Waals surface area contributed by atoms with Crippen LogP contribution in [-0.4, -0.2) is 16.2 Å². The molecule has 0 amide bonds. The lowest BCUT2D eigenvalue weighted by molar-refractivity contribution is 0.594. The van der Waals surface area contributed by atoms with Gasteiger partial charge in [0, 0.05) is 11.4 Å². The molecule has 2 rings (SSSR count). The predicted octanol–water partition coefficient (Wildman–Crippen LogP) is 4.40. The number of benzene rings is 1. The Hall–Kier alpha value is -1.64. The fraction of sp³-hybridized carbons (Fsp3) is 0.500. The van der Waals surface area contributed by atoms with E-state index in [1.807, 2.05) is 24.4 Å². The molecule has 0 aliphatic rings. The van der Waals surface area contributed by atoms with Crippen molar-refractivity contribution in [2.75, 3.05) is 5.32 Å². The molecule has 0 saturated carbocycles. The number of aromatic nitrogens is 2. The first-order valence-corrected chi connectivity index (χ1v) is 7.28. The minimum absolute atomic E-state index is 0.476. The Labute approximate surface area is 115 Å². The van der Waals surface area contributed by atoms with Crippen molar-refractivity contribution < 1.29 is 0 Å². The molecule has 1 unspecified atom stereocenters. The highest BCUT2D eigenvalue weighted by Gasteiger charge is 2.06. The van der Waals surface area contributed by atoms with Crippen molar-refractivity contribution in [3.63, 3.8) is 0 Å². The molecule has 3 heteroatoms. The number of hydrogen-bond donors (Lipinski definition) is 1. The second-order valence-electron chi connectivity index (χ2n) is 5.17. The monoisotopic (exact) mass is 257 g/mol. The lowest BCUT2D eigenvalue weighted by Gasteiger charge is -2.16. The van der Waals surface area contributed by atoms with Crippen molar-refractivity contribution in [1.29, 1.82) is 0 Å². The van der Waals surface area contributed by atoms with Crippen LogP contribution in [0, 0.1) is 0 Å². The smallest absolute Gasteiger partial charge is 0.0950 e. The molecular weight excluding hydrogens is 234 g/mol. The highest BCUT2D eigenvalue weighted by atomic mass is 15.1. The van der Waals surface area contributed by atoms with Gasteiger partial charge in [-0.15, -0.1) is 0 Å². The highest BCUT2D eigenvalue weighted by molar-refractivity contribution is 5.90. The average molecular weight is 257 g/mol. The van der Waals surface area contributed by atoms with Crippen LogP contribution < -0.4 is 5.32 Å². The Morgan fingerprint density at radius 3 is 2.84 bits per heavy atom. The Morgan fingerprint density at radius 2 is 2.00 bits per heavy atom. The number of rotatable bonds is 7. The van der Waals surface area contributed by atoms with E-state index >= 15 is 0 Å². The summed E-state index contributed by atoms with van der Waals surface area (Å²) in [6, 6.07) is 8.61. The molecule has 0 fully saturated rings. The lowest BCUT2D eigenvalue weighted by Crippen LogP contribution is -2.15. The van der Waals surface area contributed by atoms with E-state index in [9.17, 15) is 0 Å². The van der Waals surface area contributed by atoms with Crippen LogP contribution in [0.25, 0.3) is 10.9 Å². The van der Waals surface area contributed by atoms with Crippen LogP contribution in [0.4, 0.5) is 5.69 Å². The van der Waals surface area contributed by atoms with Crippen LogP contribution in [0.3, 0.4) is 0 Å². The van der Waals surface area contributed by atoms with Gasteiger partial charge in [-0.05, 0) is 19.4 Å². The normalized spacial score (nSPS) is 12.5. The fourth-order valence-corrected chi connectivity index (χ4v) is 2.34. The van der Waals surface area contributed by atoms with Gasteiger partial charge in [0.05, 0.1) is 17.4 Å². The molecule has 3 nitrogen and oxygen atoms in total. The molecule has 0 saturated heterocycles. The van der Waals surface area contributed by atoms with Crippen LogP contribution in [-0.2, 0) is 0 Å². The third-order valence-electron chi connectivity index (χ3n) is 3.44. The number of nitrogens with one attached hydrogen (secondary N) is 1. The third-order valence-corrected chi connectivity index (χ3v) is 3.44. The molecule has 0 radical (unpaired) electrons. The molecule has 0 aliphatic carbocycles. The van der Waals surface area contributed by atoms with E-state index in [0.29, 0.717) is 6.04 Å². The number of anilines is 1. The van der Waals surface area contributed by atoms with E-state index in [4.69, 9.17) is 0 Å². The molecule has 1 aromatic carbocycles. The van der Waals surface area contributed by atoms with Gasteiger partial charge in [-0.25, -0.2) is 0 Å². The molecule has 0 spiro atoms. The Bertz CT molecular complexity index is 505. The minimum Gasteiger partial charge on any atom is -0.381 e. The molecule has 1 atom stereocenters. The summed E-state index contributed by atoms with van der Waals surface area (Å²) in [7, 11) is 0. The average Bonchev–Trinajstić information content (AvgIpc) is 2.44. The van der Waals surface area contributed by atoms with Crippen molar-refractivity contribution in [2.45, 2.75) is 52.0 Å².